The summed E-state index contributed by atoms with van der Waals surface area (Å²) in [4.78, 5) is 14.4. The average molecular weight is 653 g/mol. The molecule has 1 aliphatic rings. The number of aliphatic hydroxyl groups excluding tert-OH is 1. The largest absolute Gasteiger partial charge is 0.508 e. The van der Waals surface area contributed by atoms with Crippen LogP contribution in [0.3, 0.4) is 0 Å². The number of hydrogen-bond acceptors (Lipinski definition) is 7. The highest BCUT2D eigenvalue weighted by atomic mass is 19.4. The van der Waals surface area contributed by atoms with Gasteiger partial charge in [-0.05, 0) is 91.5 Å². The number of rotatable bonds is 13. The van der Waals surface area contributed by atoms with Crippen molar-refractivity contribution in [2.45, 2.75) is 44.1 Å². The highest BCUT2D eigenvalue weighted by Gasteiger charge is 2.34. The number of aliphatic hydroxyl groups is 1. The van der Waals surface area contributed by atoms with E-state index in [0.29, 0.717) is 50.5 Å². The van der Waals surface area contributed by atoms with E-state index in [1.54, 1.807) is 35.4 Å². The minimum atomic E-state index is -4.57. The lowest BCUT2D eigenvalue weighted by Gasteiger charge is -2.33. The Kier molecular flexibility index (Phi) is 11.2. The molecule has 5 rings (SSSR count). The number of nitrogens with zero attached hydrogens (tertiary/aromatic N) is 3. The summed E-state index contributed by atoms with van der Waals surface area (Å²) in [6.07, 6.45) is 0.0408. The number of phenolic OH excluding ortho intramolecular Hbond substituents is 1. The maximum Gasteiger partial charge on any atom is 0.416 e. The summed E-state index contributed by atoms with van der Waals surface area (Å²) in [5.41, 5.74) is 1.61. The Labute approximate surface area is 271 Å². The van der Waals surface area contributed by atoms with E-state index in [1.165, 1.54) is 29.1 Å². The number of aromatic nitrogens is 2. The number of piperidine rings is 1. The number of likely N-dealkylation sites (tertiary alicyclic amines) is 1. The predicted molar refractivity (Wildman–Crippen MR) is 172 cm³/mol. The van der Waals surface area contributed by atoms with Gasteiger partial charge in [0.1, 0.15) is 24.2 Å². The lowest BCUT2D eigenvalue weighted by molar-refractivity contribution is -0.138. The fourth-order valence-corrected chi connectivity index (χ4v) is 5.35. The summed E-state index contributed by atoms with van der Waals surface area (Å²) in [6, 6.07) is 19.9. The number of alkyl halides is 3. The number of aromatic hydroxyl groups is 1. The zero-order valence-corrected chi connectivity index (χ0v) is 25.8. The summed E-state index contributed by atoms with van der Waals surface area (Å²) < 4.78 is 48.2. The van der Waals surface area contributed by atoms with Gasteiger partial charge in [-0.1, -0.05) is 18.2 Å². The molecular formula is C34H39F3N6O4. The van der Waals surface area contributed by atoms with Crippen LogP contribution in [-0.2, 0) is 19.1 Å². The molecule has 5 N–H and O–H groups in total. The van der Waals surface area contributed by atoms with E-state index < -0.39 is 17.8 Å². The third-order valence-corrected chi connectivity index (χ3v) is 7.95. The van der Waals surface area contributed by atoms with Crippen LogP contribution in [0.2, 0.25) is 0 Å². The number of amides is 2. The van der Waals surface area contributed by atoms with Crippen molar-refractivity contribution >= 4 is 11.7 Å². The monoisotopic (exact) mass is 652 g/mol. The number of ether oxygens (including phenoxy) is 1. The number of phenols is 1. The van der Waals surface area contributed by atoms with E-state index in [9.17, 15) is 28.2 Å². The Hall–Kier alpha value is -4.75. The van der Waals surface area contributed by atoms with Crippen LogP contribution in [0.5, 0.6) is 11.5 Å². The Morgan fingerprint density at radius 1 is 1.04 bits per heavy atom. The van der Waals surface area contributed by atoms with Gasteiger partial charge in [0.15, 0.2) is 0 Å². The molecule has 0 aliphatic carbocycles. The second-order valence-electron chi connectivity index (χ2n) is 11.5. The predicted octanol–water partition coefficient (Wildman–Crippen LogP) is 4.95. The van der Waals surface area contributed by atoms with Crippen molar-refractivity contribution in [3.8, 4) is 17.2 Å². The van der Waals surface area contributed by atoms with Gasteiger partial charge in [-0.25, -0.2) is 9.48 Å². The van der Waals surface area contributed by atoms with E-state index in [0.717, 1.165) is 23.7 Å². The van der Waals surface area contributed by atoms with Crippen molar-refractivity contribution in [2.24, 2.45) is 0 Å². The second-order valence-corrected chi connectivity index (χ2v) is 11.5. The topological polar surface area (TPSA) is 124 Å². The van der Waals surface area contributed by atoms with E-state index in [1.807, 2.05) is 24.3 Å². The van der Waals surface area contributed by atoms with Crippen molar-refractivity contribution in [3.63, 3.8) is 0 Å². The molecule has 13 heteroatoms. The fraction of sp³-hybridized carbons (Fsp3) is 0.353. The van der Waals surface area contributed by atoms with Gasteiger partial charge in [0.25, 0.3) is 0 Å². The summed E-state index contributed by atoms with van der Waals surface area (Å²) >= 11 is 0. The number of benzene rings is 3. The molecule has 3 aromatic carbocycles. The maximum absolute atomic E-state index is 13.8. The molecule has 1 atom stereocenters. The van der Waals surface area contributed by atoms with E-state index >= 15 is 0 Å². The van der Waals surface area contributed by atoms with Gasteiger partial charge in [-0.15, -0.1) is 0 Å². The van der Waals surface area contributed by atoms with Gasteiger partial charge in [0, 0.05) is 50.3 Å². The molecular weight excluding hydrogens is 613 g/mol. The number of hydrogen-bond donors (Lipinski definition) is 5. The summed E-state index contributed by atoms with van der Waals surface area (Å²) in [6.45, 7) is 1.98. The molecule has 1 unspecified atom stereocenters. The lowest BCUT2D eigenvalue weighted by atomic mass is 10.0. The van der Waals surface area contributed by atoms with Crippen LogP contribution < -0.4 is 20.7 Å². The van der Waals surface area contributed by atoms with Gasteiger partial charge >= 0.3 is 12.2 Å². The van der Waals surface area contributed by atoms with Crippen LogP contribution in [0.4, 0.5) is 23.7 Å². The smallest absolute Gasteiger partial charge is 0.416 e. The quantitative estimate of drug-likeness (QED) is 0.130. The molecule has 0 saturated carbocycles. The highest BCUT2D eigenvalue weighted by molar-refractivity contribution is 5.74. The minimum absolute atomic E-state index is 0.00768. The zero-order chi connectivity index (χ0) is 33.2. The Bertz CT molecular complexity index is 1560. The van der Waals surface area contributed by atoms with Gasteiger partial charge in [-0.2, -0.15) is 18.3 Å². The zero-order valence-electron chi connectivity index (χ0n) is 25.8. The first-order valence-corrected chi connectivity index (χ1v) is 15.5. The highest BCUT2D eigenvalue weighted by Crippen LogP contribution is 2.33. The van der Waals surface area contributed by atoms with Crippen molar-refractivity contribution < 1.29 is 32.9 Å². The van der Waals surface area contributed by atoms with E-state index in [4.69, 9.17) is 4.74 Å². The summed E-state index contributed by atoms with van der Waals surface area (Å²) in [5, 5.41) is 32.9. The number of carbonyl (C=O) groups is 1. The Balaban J connectivity index is 0.994. The molecule has 2 heterocycles. The molecule has 10 nitrogen and oxygen atoms in total. The SMILES string of the molecule is O=C(NCc1ccc(-n2cccn2)cc1C(F)(F)F)N1CCC(Nc2ccc(CCNCC(O)COc3ccc(O)cc3)cc2)CC1. The summed E-state index contributed by atoms with van der Waals surface area (Å²) in [7, 11) is 0. The molecule has 1 saturated heterocycles. The van der Waals surface area contributed by atoms with Crippen LogP contribution in [0, 0.1) is 0 Å². The fourth-order valence-electron chi connectivity index (χ4n) is 5.35. The Morgan fingerprint density at radius 2 is 1.79 bits per heavy atom. The van der Waals surface area contributed by atoms with Crippen LogP contribution in [0.25, 0.3) is 5.69 Å². The van der Waals surface area contributed by atoms with Gasteiger partial charge < -0.3 is 35.8 Å². The van der Waals surface area contributed by atoms with Crippen LogP contribution >= 0.6 is 0 Å². The molecule has 2 amide bonds. The van der Waals surface area contributed by atoms with Gasteiger partial charge in [-0.3, -0.25) is 0 Å². The van der Waals surface area contributed by atoms with Crippen LogP contribution in [0.1, 0.15) is 29.5 Å². The number of carbonyl (C=O) groups excluding carboxylic acids is 1. The molecule has 4 aromatic rings. The van der Waals surface area contributed by atoms with Crippen molar-refractivity contribution in [1.82, 2.24) is 25.3 Å². The van der Waals surface area contributed by atoms with E-state index in [2.05, 4.69) is 21.0 Å². The normalized spacial score (nSPS) is 14.5. The Morgan fingerprint density at radius 3 is 2.47 bits per heavy atom. The first-order chi connectivity index (χ1) is 22.6. The molecule has 250 valence electrons. The van der Waals surface area contributed by atoms with Crippen molar-refractivity contribution in [1.29, 1.82) is 0 Å². The number of urea groups is 1. The third kappa shape index (κ3) is 9.87. The molecule has 1 fully saturated rings. The minimum Gasteiger partial charge on any atom is -0.508 e. The second kappa shape index (κ2) is 15.7. The van der Waals surface area contributed by atoms with Gasteiger partial charge in [0.2, 0.25) is 0 Å². The van der Waals surface area contributed by atoms with Crippen LogP contribution in [-0.4, -0.2) is 75.9 Å². The molecule has 47 heavy (non-hydrogen) atoms. The molecule has 0 bridgehead atoms. The average Bonchev–Trinajstić information content (AvgIpc) is 3.61. The first kappa shape index (κ1) is 33.6. The summed E-state index contributed by atoms with van der Waals surface area (Å²) in [5.74, 6) is 0.739. The maximum atomic E-state index is 13.8. The lowest BCUT2D eigenvalue weighted by Crippen LogP contribution is -2.46. The number of halogens is 3. The number of anilines is 1. The van der Waals surface area contributed by atoms with Crippen molar-refractivity contribution in [2.75, 3.05) is 38.1 Å². The van der Waals surface area contributed by atoms with Gasteiger partial charge in [0.05, 0.1) is 11.3 Å². The first-order valence-electron chi connectivity index (χ1n) is 15.5. The standard InChI is InChI=1S/C34H39F3N6O4/c35-34(36,37)32-20-28(43-17-1-15-40-43)7-4-25(32)21-39-33(46)42-18-13-27(14-19-42)41-26-5-2-24(3-6-26)12-16-38-22-30(45)23-47-31-10-8-29(44)9-11-31/h1-11,15,17,20,27,30,38,41,44-45H,12-14,16,18-19,21-23H2,(H,39,46). The third-order valence-electron chi connectivity index (χ3n) is 7.95. The van der Waals surface area contributed by atoms with E-state index in [-0.39, 0.29) is 36.5 Å². The molecule has 0 radical (unpaired) electrons. The molecule has 0 spiro atoms. The number of nitrogens with one attached hydrogen (secondary N) is 3. The molecule has 1 aliphatic heterocycles. The van der Waals surface area contributed by atoms with Crippen molar-refractivity contribution in [3.05, 3.63) is 102 Å². The molecule has 1 aromatic heterocycles. The van der Waals surface area contributed by atoms with Crippen LogP contribution in [0.15, 0.2) is 85.2 Å².